The van der Waals surface area contributed by atoms with E-state index in [9.17, 15) is 9.59 Å². The molecule has 1 N–H and O–H groups in total. The molecule has 0 radical (unpaired) electrons. The van der Waals surface area contributed by atoms with Crippen LogP contribution in [0.4, 0.5) is 0 Å². The lowest BCUT2D eigenvalue weighted by Crippen LogP contribution is -2.39. The lowest BCUT2D eigenvalue weighted by molar-refractivity contribution is -0.159. The van der Waals surface area contributed by atoms with Gasteiger partial charge in [0.1, 0.15) is 5.75 Å². The van der Waals surface area contributed by atoms with Crippen molar-refractivity contribution < 1.29 is 24.2 Å². The van der Waals surface area contributed by atoms with E-state index < -0.39 is 17.5 Å². The number of carbonyl (C=O) groups is 2. The summed E-state index contributed by atoms with van der Waals surface area (Å²) in [7, 11) is 0. The molecule has 26 heavy (non-hydrogen) atoms. The Morgan fingerprint density at radius 3 is 2.54 bits per heavy atom. The number of aromatic nitrogens is 1. The van der Waals surface area contributed by atoms with E-state index in [2.05, 4.69) is 4.98 Å². The summed E-state index contributed by atoms with van der Waals surface area (Å²) < 4.78 is 10.9. The van der Waals surface area contributed by atoms with E-state index in [1.165, 1.54) is 12.3 Å². The van der Waals surface area contributed by atoms with Crippen molar-refractivity contribution in [3.63, 3.8) is 0 Å². The average Bonchev–Trinajstić information content (AvgIpc) is 2.60. The molecule has 0 atom stereocenters. The molecule has 0 saturated carbocycles. The van der Waals surface area contributed by atoms with E-state index in [0.717, 1.165) is 0 Å². The molecule has 0 unspecified atom stereocenters. The first-order chi connectivity index (χ1) is 12.3. The quantitative estimate of drug-likeness (QED) is 0.556. The second-order valence-electron chi connectivity index (χ2n) is 6.11. The van der Waals surface area contributed by atoms with Gasteiger partial charge in [-0.3, -0.25) is 4.98 Å². The zero-order valence-corrected chi connectivity index (χ0v) is 15.3. The van der Waals surface area contributed by atoms with Crippen LogP contribution < -0.4 is 4.74 Å². The van der Waals surface area contributed by atoms with Gasteiger partial charge in [0.15, 0.2) is 5.60 Å². The number of aryl methyl sites for hydroxylation is 1. The topological polar surface area (TPSA) is 85.7 Å². The maximum absolute atomic E-state index is 12.2. The Hall–Kier alpha value is -2.60. The van der Waals surface area contributed by atoms with Crippen molar-refractivity contribution >= 4 is 23.5 Å². The molecule has 6 nitrogen and oxygen atoms in total. The predicted octanol–water partition coefficient (Wildman–Crippen LogP) is 3.77. The molecule has 0 bridgehead atoms. The highest BCUT2D eigenvalue weighted by molar-refractivity contribution is 6.30. The maximum atomic E-state index is 12.2. The summed E-state index contributed by atoms with van der Waals surface area (Å²) in [5.41, 5.74) is -0.539. The first-order valence-electron chi connectivity index (χ1n) is 8.08. The molecule has 1 aromatic carbocycles. The second-order valence-corrected chi connectivity index (χ2v) is 6.55. The maximum Gasteiger partial charge on any atom is 0.349 e. The van der Waals surface area contributed by atoms with Gasteiger partial charge in [-0.25, -0.2) is 9.59 Å². The van der Waals surface area contributed by atoms with Gasteiger partial charge in [0.2, 0.25) is 0 Å². The molecular formula is C19H20ClNO5. The smallest absolute Gasteiger partial charge is 0.349 e. The van der Waals surface area contributed by atoms with E-state index in [4.69, 9.17) is 26.2 Å². The molecular weight excluding hydrogens is 358 g/mol. The van der Waals surface area contributed by atoms with E-state index in [1.807, 2.05) is 0 Å². The number of rotatable bonds is 8. The number of carbonyl (C=O) groups excluding carboxylic acids is 1. The van der Waals surface area contributed by atoms with Crippen LogP contribution >= 0.6 is 11.6 Å². The number of hydrogen-bond donors (Lipinski definition) is 1. The second kappa shape index (κ2) is 8.67. The summed E-state index contributed by atoms with van der Waals surface area (Å²) in [6.45, 7) is 3.37. The largest absolute Gasteiger partial charge is 0.478 e. The third kappa shape index (κ3) is 5.46. The molecule has 1 heterocycles. The summed E-state index contributed by atoms with van der Waals surface area (Å²) in [6, 6.07) is 9.76. The van der Waals surface area contributed by atoms with E-state index >= 15 is 0 Å². The minimum atomic E-state index is -1.16. The summed E-state index contributed by atoms with van der Waals surface area (Å²) in [5, 5.41) is 9.70. The molecule has 2 rings (SSSR count). The predicted molar refractivity (Wildman–Crippen MR) is 96.6 cm³/mol. The first-order valence-corrected chi connectivity index (χ1v) is 8.46. The number of esters is 1. The Bertz CT molecular complexity index is 774. The van der Waals surface area contributed by atoms with Gasteiger partial charge in [0, 0.05) is 11.2 Å². The number of aromatic carboxylic acids is 1. The summed E-state index contributed by atoms with van der Waals surface area (Å²) in [6.07, 6.45) is 2.39. The number of carboxylic acid groups (broad SMARTS) is 1. The van der Waals surface area contributed by atoms with Gasteiger partial charge in [0.05, 0.1) is 17.9 Å². The summed E-state index contributed by atoms with van der Waals surface area (Å²) in [4.78, 5) is 27.4. The normalized spacial score (nSPS) is 11.0. The standard InChI is InChI=1S/C19H20ClNO5/c1-19(2,26-14-9-7-13(20)8-10-14)18(24)25-12-4-6-16-15(17(22)23)5-3-11-21-16/h3,5,7-11H,4,6,12H2,1-2H3,(H,22,23). The van der Waals surface area contributed by atoms with Crippen LogP contribution in [-0.2, 0) is 16.0 Å². The molecule has 0 saturated heterocycles. The average molecular weight is 378 g/mol. The zero-order chi connectivity index (χ0) is 19.2. The van der Waals surface area contributed by atoms with Crippen LogP contribution in [0.25, 0.3) is 0 Å². The van der Waals surface area contributed by atoms with Crippen LogP contribution in [0.1, 0.15) is 36.3 Å². The number of pyridine rings is 1. The van der Waals surface area contributed by atoms with Gasteiger partial charge in [-0.05, 0) is 63.1 Å². The summed E-state index contributed by atoms with van der Waals surface area (Å²) in [5.74, 6) is -1.02. The highest BCUT2D eigenvalue weighted by Crippen LogP contribution is 2.22. The van der Waals surface area contributed by atoms with Gasteiger partial charge in [-0.1, -0.05) is 11.6 Å². The van der Waals surface area contributed by atoms with Crippen molar-refractivity contribution in [1.82, 2.24) is 4.98 Å². The molecule has 0 fully saturated rings. The Balaban J connectivity index is 1.84. The Kier molecular flexibility index (Phi) is 6.58. The number of nitrogens with zero attached hydrogens (tertiary/aromatic N) is 1. The number of hydrogen-bond acceptors (Lipinski definition) is 5. The minimum Gasteiger partial charge on any atom is -0.478 e. The number of carboxylic acids is 1. The first kappa shape index (κ1) is 19.7. The van der Waals surface area contributed by atoms with Gasteiger partial charge in [0.25, 0.3) is 0 Å². The highest BCUT2D eigenvalue weighted by Gasteiger charge is 2.31. The van der Waals surface area contributed by atoms with Crippen LogP contribution in [0, 0.1) is 0 Å². The van der Waals surface area contributed by atoms with Crippen LogP contribution in [0.15, 0.2) is 42.6 Å². The third-order valence-electron chi connectivity index (χ3n) is 3.59. The van der Waals surface area contributed by atoms with Crippen LogP contribution in [-0.4, -0.2) is 34.2 Å². The molecule has 0 aliphatic rings. The number of benzene rings is 1. The van der Waals surface area contributed by atoms with Gasteiger partial charge in [-0.15, -0.1) is 0 Å². The Morgan fingerprint density at radius 1 is 1.19 bits per heavy atom. The van der Waals surface area contributed by atoms with Crippen molar-refractivity contribution in [2.75, 3.05) is 6.61 Å². The van der Waals surface area contributed by atoms with Crippen LogP contribution in [0.2, 0.25) is 5.02 Å². The Morgan fingerprint density at radius 2 is 1.88 bits per heavy atom. The van der Waals surface area contributed by atoms with Crippen molar-refractivity contribution in [2.45, 2.75) is 32.3 Å². The van der Waals surface area contributed by atoms with Gasteiger partial charge < -0.3 is 14.6 Å². The zero-order valence-electron chi connectivity index (χ0n) is 14.6. The van der Waals surface area contributed by atoms with Crippen LogP contribution in [0.5, 0.6) is 5.75 Å². The summed E-state index contributed by atoms with van der Waals surface area (Å²) >= 11 is 5.82. The van der Waals surface area contributed by atoms with E-state index in [-0.39, 0.29) is 12.2 Å². The lowest BCUT2D eigenvalue weighted by atomic mass is 10.1. The molecule has 0 spiro atoms. The van der Waals surface area contributed by atoms with Crippen molar-refractivity contribution in [3.8, 4) is 5.75 Å². The minimum absolute atomic E-state index is 0.141. The van der Waals surface area contributed by atoms with Crippen molar-refractivity contribution in [3.05, 3.63) is 58.9 Å². The highest BCUT2D eigenvalue weighted by atomic mass is 35.5. The number of halogens is 1. The van der Waals surface area contributed by atoms with E-state index in [1.54, 1.807) is 44.2 Å². The molecule has 1 aromatic heterocycles. The molecule has 138 valence electrons. The fourth-order valence-corrected chi connectivity index (χ4v) is 2.38. The van der Waals surface area contributed by atoms with Gasteiger partial charge in [-0.2, -0.15) is 0 Å². The molecule has 0 aliphatic carbocycles. The molecule has 0 amide bonds. The number of ether oxygens (including phenoxy) is 2. The van der Waals surface area contributed by atoms with Crippen LogP contribution in [0.3, 0.4) is 0 Å². The molecule has 7 heteroatoms. The Labute approximate surface area is 156 Å². The van der Waals surface area contributed by atoms with Crippen molar-refractivity contribution in [1.29, 1.82) is 0 Å². The van der Waals surface area contributed by atoms with Crippen molar-refractivity contribution in [2.24, 2.45) is 0 Å². The fraction of sp³-hybridized carbons (Fsp3) is 0.316. The third-order valence-corrected chi connectivity index (χ3v) is 3.84. The molecule has 2 aromatic rings. The monoisotopic (exact) mass is 377 g/mol. The SMILES string of the molecule is CC(C)(Oc1ccc(Cl)cc1)C(=O)OCCCc1ncccc1C(=O)O. The van der Waals surface area contributed by atoms with Gasteiger partial charge >= 0.3 is 11.9 Å². The molecule has 0 aliphatic heterocycles. The van der Waals surface area contributed by atoms with E-state index in [0.29, 0.717) is 29.3 Å². The lowest BCUT2D eigenvalue weighted by Gasteiger charge is -2.24. The fourth-order valence-electron chi connectivity index (χ4n) is 2.25.